The van der Waals surface area contributed by atoms with E-state index in [4.69, 9.17) is 5.73 Å². The second-order valence-corrected chi connectivity index (χ2v) is 18.1. The highest BCUT2D eigenvalue weighted by Gasteiger charge is 2.49. The predicted octanol–water partition coefficient (Wildman–Crippen LogP) is 1.59. The molecule has 1 aromatic heterocycles. The molecule has 18 heteroatoms. The first-order valence-electron chi connectivity index (χ1n) is 17.8. The first-order chi connectivity index (χ1) is 24.9. The summed E-state index contributed by atoms with van der Waals surface area (Å²) in [5.74, 6) is -3.08. The van der Waals surface area contributed by atoms with Gasteiger partial charge in [-0.3, -0.25) is 24.0 Å². The third-order valence-corrected chi connectivity index (χ3v) is 13.1. The van der Waals surface area contributed by atoms with Crippen molar-refractivity contribution in [2.45, 2.75) is 99.8 Å². The average Bonchev–Trinajstić information content (AvgIpc) is 3.80. The van der Waals surface area contributed by atoms with Crippen molar-refractivity contribution in [3.8, 4) is 0 Å². The van der Waals surface area contributed by atoms with Crippen LogP contribution in [0.5, 0.6) is 0 Å². The van der Waals surface area contributed by atoms with Crippen molar-refractivity contribution >= 4 is 56.9 Å². The highest BCUT2D eigenvalue weighted by Crippen LogP contribution is 2.35. The summed E-state index contributed by atoms with van der Waals surface area (Å²) >= 11 is 1.58. The van der Waals surface area contributed by atoms with Gasteiger partial charge in [0.05, 0.1) is 22.8 Å². The Labute approximate surface area is 313 Å². The molecule has 16 nitrogen and oxygen atoms in total. The van der Waals surface area contributed by atoms with Gasteiger partial charge in [-0.05, 0) is 74.8 Å². The first kappa shape index (κ1) is 40.2. The minimum absolute atomic E-state index is 0.0128. The topological polar surface area (TPSA) is 227 Å². The number of likely N-dealkylation sites (tertiary alicyclic amines) is 1. The molecule has 1 saturated carbocycles. The largest absolute Gasteiger partial charge is 0.384 e. The predicted molar refractivity (Wildman–Crippen MR) is 196 cm³/mol. The lowest BCUT2D eigenvalue weighted by atomic mass is 9.85. The van der Waals surface area contributed by atoms with Gasteiger partial charge in [0.2, 0.25) is 21.7 Å². The van der Waals surface area contributed by atoms with E-state index >= 15 is 0 Å². The van der Waals surface area contributed by atoms with Crippen LogP contribution in [0.25, 0.3) is 0 Å². The standard InChI is InChI=1S/C35H48N8O8S2/c1-34(2,49)28-20-37-40-43(28)24-19-27(32(47)39-35(29(44)30(36)45)14-16-52-17-15-35)42(21-24)33(48)26(18-22-8-6-5-7-9-22)38-31(46)23-10-12-25(13-11-23)53(50,51)41(3)4/h10-13,20,22,24,27,49H,5-9,14-19,21H2,1-4H3,(H2,36,45)(H,39,47)/b38-26+/t24-,27-/m0/s1. The molecule has 4 N–H and O–H groups in total. The van der Waals surface area contributed by atoms with Crippen molar-refractivity contribution in [2.75, 3.05) is 32.1 Å². The lowest BCUT2D eigenvalue weighted by Gasteiger charge is -2.37. The van der Waals surface area contributed by atoms with Gasteiger partial charge in [0.1, 0.15) is 22.9 Å². The molecule has 1 aliphatic carbocycles. The molecule has 288 valence electrons. The lowest BCUT2D eigenvalue weighted by molar-refractivity contribution is -0.143. The number of primary amides is 1. The second-order valence-electron chi connectivity index (χ2n) is 14.7. The molecule has 2 aliphatic heterocycles. The van der Waals surface area contributed by atoms with Gasteiger partial charge in [0.15, 0.2) is 0 Å². The van der Waals surface area contributed by atoms with Crippen molar-refractivity contribution in [3.05, 3.63) is 41.7 Å². The highest BCUT2D eigenvalue weighted by atomic mass is 32.2. The normalized spacial score (nSPS) is 21.4. The van der Waals surface area contributed by atoms with Crippen LogP contribution in [0.2, 0.25) is 0 Å². The number of nitrogens with one attached hydrogen (secondary N) is 1. The SMILES string of the molecule is CN(C)S(=O)(=O)c1ccc(C(=O)/N=C(\CC2CCCCC2)C(=O)N2C[C@@H](n3nncc3C(C)(C)O)C[C@H]2C(=O)NC2(C(=O)C(N)=O)CCSCC2)cc1. The molecule has 1 aromatic carbocycles. The van der Waals surface area contributed by atoms with E-state index in [2.05, 4.69) is 20.6 Å². The Morgan fingerprint density at radius 2 is 1.72 bits per heavy atom. The highest BCUT2D eigenvalue weighted by molar-refractivity contribution is 7.99. The number of amides is 4. The maximum Gasteiger partial charge on any atom is 0.287 e. The number of Topliss-reactive ketones (excluding diaryl/α,β-unsaturated/α-hetero) is 1. The van der Waals surface area contributed by atoms with Gasteiger partial charge in [0, 0.05) is 32.6 Å². The number of carbonyl (C=O) groups is 5. The average molecular weight is 773 g/mol. The van der Waals surface area contributed by atoms with E-state index in [-0.39, 0.29) is 54.3 Å². The number of nitrogens with two attached hydrogens (primary N) is 1. The van der Waals surface area contributed by atoms with Crippen LogP contribution < -0.4 is 11.1 Å². The van der Waals surface area contributed by atoms with Crippen molar-refractivity contribution in [1.29, 1.82) is 0 Å². The van der Waals surface area contributed by atoms with Crippen LogP contribution in [0.3, 0.4) is 0 Å². The molecule has 0 bridgehead atoms. The Kier molecular flexibility index (Phi) is 12.3. The summed E-state index contributed by atoms with van der Waals surface area (Å²) < 4.78 is 27.7. The maximum absolute atomic E-state index is 14.7. The summed E-state index contributed by atoms with van der Waals surface area (Å²) in [5, 5.41) is 21.8. The van der Waals surface area contributed by atoms with Gasteiger partial charge in [-0.15, -0.1) is 5.10 Å². The van der Waals surface area contributed by atoms with Crippen LogP contribution in [0, 0.1) is 5.92 Å². The van der Waals surface area contributed by atoms with Gasteiger partial charge in [-0.1, -0.05) is 37.3 Å². The molecule has 0 spiro atoms. The Morgan fingerprint density at radius 3 is 2.30 bits per heavy atom. The molecule has 0 radical (unpaired) electrons. The first-order valence-corrected chi connectivity index (χ1v) is 20.4. The molecule has 2 atom stereocenters. The number of carbonyl (C=O) groups excluding carboxylic acids is 5. The smallest absolute Gasteiger partial charge is 0.287 e. The van der Waals surface area contributed by atoms with E-state index in [0.29, 0.717) is 17.2 Å². The van der Waals surface area contributed by atoms with E-state index in [0.717, 1.165) is 36.4 Å². The van der Waals surface area contributed by atoms with Gasteiger partial charge in [-0.25, -0.2) is 22.4 Å². The van der Waals surface area contributed by atoms with Crippen LogP contribution in [-0.2, 0) is 34.8 Å². The monoisotopic (exact) mass is 772 g/mol. The zero-order chi connectivity index (χ0) is 38.7. The number of thioether (sulfide) groups is 1. The van der Waals surface area contributed by atoms with Crippen LogP contribution in [0.15, 0.2) is 40.4 Å². The Morgan fingerprint density at radius 1 is 1.08 bits per heavy atom. The summed E-state index contributed by atoms with van der Waals surface area (Å²) in [6.07, 6.45) is 6.58. The number of sulfonamides is 1. The minimum Gasteiger partial charge on any atom is -0.384 e. The number of rotatable bonds is 12. The van der Waals surface area contributed by atoms with Crippen molar-refractivity contribution < 1.29 is 37.5 Å². The molecule has 53 heavy (non-hydrogen) atoms. The van der Waals surface area contributed by atoms with Gasteiger partial charge < -0.3 is 21.1 Å². The minimum atomic E-state index is -3.75. The zero-order valence-corrected chi connectivity index (χ0v) is 32.1. The molecule has 3 heterocycles. The molecule has 4 amide bonds. The summed E-state index contributed by atoms with van der Waals surface area (Å²) in [6, 6.07) is 3.47. The number of nitrogens with zero attached hydrogens (tertiary/aromatic N) is 6. The summed E-state index contributed by atoms with van der Waals surface area (Å²) in [4.78, 5) is 73.6. The van der Waals surface area contributed by atoms with E-state index in [1.807, 2.05) is 0 Å². The number of hydrogen-bond donors (Lipinski definition) is 3. The van der Waals surface area contributed by atoms with E-state index in [1.54, 1.807) is 25.6 Å². The van der Waals surface area contributed by atoms with Crippen molar-refractivity contribution in [2.24, 2.45) is 16.6 Å². The second kappa shape index (κ2) is 16.2. The summed E-state index contributed by atoms with van der Waals surface area (Å²) in [6.45, 7) is 3.06. The summed E-state index contributed by atoms with van der Waals surface area (Å²) in [5.41, 5.74) is 2.91. The van der Waals surface area contributed by atoms with E-state index < -0.39 is 62.7 Å². The molecule has 5 rings (SSSR count). The zero-order valence-electron chi connectivity index (χ0n) is 30.5. The Bertz CT molecular complexity index is 1860. The molecule has 0 unspecified atom stereocenters. The van der Waals surface area contributed by atoms with Crippen LogP contribution in [0.1, 0.15) is 93.7 Å². The number of aromatic nitrogens is 3. The lowest BCUT2D eigenvalue weighted by Crippen LogP contribution is -2.63. The maximum atomic E-state index is 14.7. The number of aliphatic imine (C=N–C) groups is 1. The fourth-order valence-electron chi connectivity index (χ4n) is 7.28. The third kappa shape index (κ3) is 8.87. The number of benzene rings is 1. The number of hydrogen-bond acceptors (Lipinski definition) is 11. The molecule has 3 fully saturated rings. The number of aliphatic hydroxyl groups is 1. The van der Waals surface area contributed by atoms with Crippen LogP contribution in [0.4, 0.5) is 0 Å². The Hall–Kier alpha value is -4.00. The fourth-order valence-corrected chi connectivity index (χ4v) is 9.37. The van der Waals surface area contributed by atoms with Crippen LogP contribution >= 0.6 is 11.8 Å². The molecular formula is C35H48N8O8S2. The fraction of sp³-hybridized carbons (Fsp3) is 0.600. The molecular weight excluding hydrogens is 725 g/mol. The van der Waals surface area contributed by atoms with Crippen molar-refractivity contribution in [3.63, 3.8) is 0 Å². The number of ketones is 1. The van der Waals surface area contributed by atoms with E-state index in [9.17, 15) is 37.5 Å². The van der Waals surface area contributed by atoms with Gasteiger partial charge in [0.25, 0.3) is 17.7 Å². The molecule has 2 aromatic rings. The molecule has 2 saturated heterocycles. The Balaban J connectivity index is 1.52. The van der Waals surface area contributed by atoms with Crippen molar-refractivity contribution in [1.82, 2.24) is 29.5 Å². The quantitative estimate of drug-likeness (QED) is 0.207. The van der Waals surface area contributed by atoms with E-state index in [1.165, 1.54) is 54.1 Å². The van der Waals surface area contributed by atoms with Gasteiger partial charge >= 0.3 is 0 Å². The van der Waals surface area contributed by atoms with Gasteiger partial charge in [-0.2, -0.15) is 11.8 Å². The van der Waals surface area contributed by atoms with Crippen LogP contribution in [-0.4, -0.2) is 117 Å². The third-order valence-electron chi connectivity index (χ3n) is 10.3. The molecule has 3 aliphatic rings. The summed E-state index contributed by atoms with van der Waals surface area (Å²) in [7, 11) is -0.952.